The number of fused-ring (bicyclic) bond motifs is 1. The van der Waals surface area contributed by atoms with Crippen LogP contribution >= 0.6 is 0 Å². The third-order valence-corrected chi connectivity index (χ3v) is 6.25. The van der Waals surface area contributed by atoms with E-state index in [1.54, 1.807) is 6.92 Å². The van der Waals surface area contributed by atoms with Gasteiger partial charge in [-0.1, -0.05) is 35.9 Å². The van der Waals surface area contributed by atoms with Crippen LogP contribution in [0, 0.1) is 6.92 Å². The Morgan fingerprint density at radius 3 is 2.31 bits per heavy atom. The van der Waals surface area contributed by atoms with Crippen LogP contribution in [-0.4, -0.2) is 23.6 Å². The lowest BCUT2D eigenvalue weighted by molar-refractivity contribution is -0.117. The summed E-state index contributed by atoms with van der Waals surface area (Å²) >= 11 is 0. The SMILES string of the molecule is CC(=O)N1c2ccc(-c3cccc(NC(=O)OC(C)(C)C)c3)cc2[C@H](Nc2ccc(C)cc2)C[C@@H]1C. The molecule has 0 bridgehead atoms. The topological polar surface area (TPSA) is 70.7 Å². The molecule has 3 aromatic carbocycles. The summed E-state index contributed by atoms with van der Waals surface area (Å²) in [5.41, 5.74) is 6.33. The molecule has 6 heteroatoms. The fourth-order valence-electron chi connectivity index (χ4n) is 4.71. The van der Waals surface area contributed by atoms with Crippen molar-refractivity contribution in [3.05, 3.63) is 77.9 Å². The van der Waals surface area contributed by atoms with E-state index in [0.29, 0.717) is 5.69 Å². The second kappa shape index (κ2) is 10.1. The second-order valence-electron chi connectivity index (χ2n) is 10.5. The first-order chi connectivity index (χ1) is 17.0. The Hall–Kier alpha value is -3.80. The fourth-order valence-corrected chi connectivity index (χ4v) is 4.71. The number of aryl methyl sites for hydroxylation is 1. The summed E-state index contributed by atoms with van der Waals surface area (Å²) in [6, 6.07) is 22.4. The molecule has 0 saturated heterocycles. The first-order valence-corrected chi connectivity index (χ1v) is 12.4. The van der Waals surface area contributed by atoms with Gasteiger partial charge in [-0.2, -0.15) is 0 Å². The number of hydrogen-bond acceptors (Lipinski definition) is 4. The summed E-state index contributed by atoms with van der Waals surface area (Å²) in [5.74, 6) is 0.0360. The van der Waals surface area contributed by atoms with Gasteiger partial charge in [0.15, 0.2) is 0 Å². The van der Waals surface area contributed by atoms with Crippen LogP contribution in [0.5, 0.6) is 0 Å². The summed E-state index contributed by atoms with van der Waals surface area (Å²) in [7, 11) is 0. The molecule has 188 valence electrons. The van der Waals surface area contributed by atoms with Crippen LogP contribution < -0.4 is 15.5 Å². The molecule has 0 aromatic heterocycles. The van der Waals surface area contributed by atoms with Gasteiger partial charge in [0.1, 0.15) is 5.60 Å². The molecule has 1 aliphatic rings. The second-order valence-corrected chi connectivity index (χ2v) is 10.5. The van der Waals surface area contributed by atoms with Crippen molar-refractivity contribution in [2.75, 3.05) is 15.5 Å². The van der Waals surface area contributed by atoms with Crippen molar-refractivity contribution >= 4 is 29.1 Å². The number of ether oxygens (including phenoxy) is 1. The highest BCUT2D eigenvalue weighted by Gasteiger charge is 2.32. The predicted octanol–water partition coefficient (Wildman–Crippen LogP) is 7.31. The van der Waals surface area contributed by atoms with Crippen molar-refractivity contribution in [2.24, 2.45) is 0 Å². The van der Waals surface area contributed by atoms with E-state index in [1.165, 1.54) is 5.56 Å². The molecule has 0 aliphatic carbocycles. The Bertz CT molecular complexity index is 1260. The molecule has 2 amide bonds. The average Bonchev–Trinajstić information content (AvgIpc) is 2.79. The smallest absolute Gasteiger partial charge is 0.412 e. The van der Waals surface area contributed by atoms with Gasteiger partial charge in [0, 0.05) is 30.0 Å². The molecule has 6 nitrogen and oxygen atoms in total. The van der Waals surface area contributed by atoms with Gasteiger partial charge in [-0.3, -0.25) is 10.1 Å². The lowest BCUT2D eigenvalue weighted by atomic mass is 9.88. The summed E-state index contributed by atoms with van der Waals surface area (Å²) in [6.45, 7) is 11.3. The van der Waals surface area contributed by atoms with Gasteiger partial charge in [0.2, 0.25) is 5.91 Å². The highest BCUT2D eigenvalue weighted by molar-refractivity contribution is 5.94. The van der Waals surface area contributed by atoms with Gasteiger partial charge in [-0.15, -0.1) is 0 Å². The van der Waals surface area contributed by atoms with Crippen molar-refractivity contribution in [3.63, 3.8) is 0 Å². The molecule has 3 aromatic rings. The number of anilines is 3. The zero-order valence-corrected chi connectivity index (χ0v) is 21.9. The minimum Gasteiger partial charge on any atom is -0.444 e. The number of nitrogens with one attached hydrogen (secondary N) is 2. The van der Waals surface area contributed by atoms with Crippen LogP contribution in [0.3, 0.4) is 0 Å². The molecular formula is C30H35N3O3. The van der Waals surface area contributed by atoms with Crippen molar-refractivity contribution in [3.8, 4) is 11.1 Å². The number of carbonyl (C=O) groups excluding carboxylic acids is 2. The highest BCUT2D eigenvalue weighted by Crippen LogP contribution is 2.41. The maximum atomic E-state index is 12.5. The number of carbonyl (C=O) groups is 2. The highest BCUT2D eigenvalue weighted by atomic mass is 16.6. The molecular weight excluding hydrogens is 450 g/mol. The van der Waals surface area contributed by atoms with Gasteiger partial charge >= 0.3 is 6.09 Å². The van der Waals surface area contributed by atoms with Gasteiger partial charge in [-0.25, -0.2) is 4.79 Å². The van der Waals surface area contributed by atoms with E-state index in [-0.39, 0.29) is 18.0 Å². The van der Waals surface area contributed by atoms with Crippen LogP contribution in [0.4, 0.5) is 21.9 Å². The molecule has 1 aliphatic heterocycles. The lowest BCUT2D eigenvalue weighted by Crippen LogP contribution is -2.43. The van der Waals surface area contributed by atoms with Crippen LogP contribution in [0.25, 0.3) is 11.1 Å². The Kier molecular flexibility index (Phi) is 7.07. The van der Waals surface area contributed by atoms with Crippen molar-refractivity contribution in [1.82, 2.24) is 0 Å². The quantitative estimate of drug-likeness (QED) is 0.406. The molecule has 0 spiro atoms. The zero-order chi connectivity index (χ0) is 26.0. The Balaban J connectivity index is 1.68. The lowest BCUT2D eigenvalue weighted by Gasteiger charge is -2.39. The van der Waals surface area contributed by atoms with E-state index in [1.807, 2.05) is 62.1 Å². The van der Waals surface area contributed by atoms with Gasteiger partial charge in [-0.05, 0) is 94.1 Å². The van der Waals surface area contributed by atoms with Crippen LogP contribution in [0.2, 0.25) is 0 Å². The van der Waals surface area contributed by atoms with E-state index >= 15 is 0 Å². The van der Waals surface area contributed by atoms with Gasteiger partial charge < -0.3 is 15.0 Å². The normalized spacial score (nSPS) is 17.2. The van der Waals surface area contributed by atoms with Crippen molar-refractivity contribution in [1.29, 1.82) is 0 Å². The summed E-state index contributed by atoms with van der Waals surface area (Å²) in [4.78, 5) is 26.7. The molecule has 2 atom stereocenters. The van der Waals surface area contributed by atoms with Crippen LogP contribution in [0.15, 0.2) is 66.7 Å². The first kappa shape index (κ1) is 25.3. The zero-order valence-electron chi connectivity index (χ0n) is 21.9. The molecule has 1 heterocycles. The molecule has 0 saturated carbocycles. The molecule has 4 rings (SSSR count). The van der Waals surface area contributed by atoms with E-state index in [9.17, 15) is 9.59 Å². The summed E-state index contributed by atoms with van der Waals surface area (Å²) in [5, 5.41) is 6.50. The largest absolute Gasteiger partial charge is 0.444 e. The third kappa shape index (κ3) is 5.88. The fraction of sp³-hybridized carbons (Fsp3) is 0.333. The number of amides is 2. The predicted molar refractivity (Wildman–Crippen MR) is 147 cm³/mol. The van der Waals surface area contributed by atoms with E-state index in [0.717, 1.165) is 34.5 Å². The number of rotatable bonds is 4. The number of hydrogen-bond donors (Lipinski definition) is 2. The Morgan fingerprint density at radius 1 is 0.944 bits per heavy atom. The van der Waals surface area contributed by atoms with E-state index < -0.39 is 11.7 Å². The molecule has 36 heavy (non-hydrogen) atoms. The minimum atomic E-state index is -0.570. The Labute approximate surface area is 213 Å². The number of nitrogens with zero attached hydrogens (tertiary/aromatic N) is 1. The monoisotopic (exact) mass is 485 g/mol. The standard InChI is InChI=1S/C30H35N3O3/c1-19-10-13-24(14-11-19)31-27-16-20(2)33(21(3)34)28-15-12-23(18-26(27)28)22-8-7-9-25(17-22)32-29(35)36-30(4,5)6/h7-15,17-18,20,27,31H,16H2,1-6H3,(H,32,35)/t20-,27+/m0/s1. The van der Waals surface area contributed by atoms with Crippen molar-refractivity contribution in [2.45, 2.75) is 65.6 Å². The Morgan fingerprint density at radius 2 is 1.64 bits per heavy atom. The third-order valence-electron chi connectivity index (χ3n) is 6.25. The van der Waals surface area contributed by atoms with Crippen LogP contribution in [0.1, 0.15) is 58.2 Å². The van der Waals surface area contributed by atoms with Gasteiger partial charge in [0.05, 0.1) is 6.04 Å². The molecule has 0 fully saturated rings. The molecule has 0 unspecified atom stereocenters. The van der Waals surface area contributed by atoms with E-state index in [2.05, 4.69) is 54.8 Å². The van der Waals surface area contributed by atoms with Gasteiger partial charge in [0.25, 0.3) is 0 Å². The first-order valence-electron chi connectivity index (χ1n) is 12.4. The minimum absolute atomic E-state index is 0.0360. The summed E-state index contributed by atoms with van der Waals surface area (Å²) < 4.78 is 5.39. The van der Waals surface area contributed by atoms with E-state index in [4.69, 9.17) is 4.74 Å². The summed E-state index contributed by atoms with van der Waals surface area (Å²) in [6.07, 6.45) is 0.308. The van der Waals surface area contributed by atoms with Crippen molar-refractivity contribution < 1.29 is 14.3 Å². The average molecular weight is 486 g/mol. The molecule has 2 N–H and O–H groups in total. The number of benzene rings is 3. The molecule has 0 radical (unpaired) electrons. The maximum Gasteiger partial charge on any atom is 0.412 e. The maximum absolute atomic E-state index is 12.5. The van der Waals surface area contributed by atoms with Crippen LogP contribution in [-0.2, 0) is 9.53 Å².